The molecule has 0 fully saturated rings. The summed E-state index contributed by atoms with van der Waals surface area (Å²) in [5.41, 5.74) is 5.07. The molecule has 86 valence electrons. The van der Waals surface area contributed by atoms with E-state index in [2.05, 4.69) is 17.5 Å². The maximum Gasteiger partial charge on any atom is 0.258 e. The first-order valence-electron chi connectivity index (χ1n) is 4.45. The minimum Gasteiger partial charge on any atom is -0.496 e. The molecule has 4 nitrogen and oxygen atoms in total. The smallest absolute Gasteiger partial charge is 0.258 e. The number of ether oxygens (including phenoxy) is 1. The molecule has 0 aliphatic heterocycles. The largest absolute Gasteiger partial charge is 0.496 e. The van der Waals surface area contributed by atoms with Crippen molar-refractivity contribution >= 4 is 23.1 Å². The number of carbonyl (C=O) groups excluding carboxylic acids is 1. The predicted molar refractivity (Wildman–Crippen MR) is 62.1 cm³/mol. The van der Waals surface area contributed by atoms with Gasteiger partial charge >= 0.3 is 0 Å². The first-order chi connectivity index (χ1) is 7.56. The average molecular weight is 242 g/mol. The highest BCUT2D eigenvalue weighted by Gasteiger charge is 2.16. The van der Waals surface area contributed by atoms with Crippen LogP contribution in [0.3, 0.4) is 0 Å². The Morgan fingerprint density at radius 2 is 2.31 bits per heavy atom. The van der Waals surface area contributed by atoms with Crippen molar-refractivity contribution in [1.29, 1.82) is 0 Å². The number of amides is 1. The van der Waals surface area contributed by atoms with E-state index in [0.29, 0.717) is 0 Å². The molecule has 0 bridgehead atoms. The van der Waals surface area contributed by atoms with Crippen LogP contribution in [-0.2, 0) is 0 Å². The van der Waals surface area contributed by atoms with Gasteiger partial charge in [0.2, 0.25) is 0 Å². The molecule has 0 radical (unpaired) electrons. The summed E-state index contributed by atoms with van der Waals surface area (Å²) < 4.78 is 18.3. The first kappa shape index (κ1) is 12.4. The van der Waals surface area contributed by atoms with Crippen LogP contribution in [0.5, 0.6) is 5.75 Å². The number of nitrogens with one attached hydrogen (secondary N) is 1. The van der Waals surface area contributed by atoms with Crippen molar-refractivity contribution in [1.82, 2.24) is 5.32 Å². The summed E-state index contributed by atoms with van der Waals surface area (Å²) in [4.78, 5) is 11.7. The Morgan fingerprint density at radius 3 is 2.88 bits per heavy atom. The summed E-state index contributed by atoms with van der Waals surface area (Å²) in [6.45, 7) is 0.0195. The van der Waals surface area contributed by atoms with Crippen LogP contribution in [0.4, 0.5) is 4.39 Å². The van der Waals surface area contributed by atoms with Crippen molar-refractivity contribution in [3.05, 3.63) is 29.6 Å². The van der Waals surface area contributed by atoms with E-state index in [4.69, 9.17) is 10.5 Å². The molecule has 0 saturated carbocycles. The highest BCUT2D eigenvalue weighted by Crippen LogP contribution is 2.20. The fourth-order valence-electron chi connectivity index (χ4n) is 1.15. The van der Waals surface area contributed by atoms with E-state index in [1.807, 2.05) is 0 Å². The molecule has 1 aromatic carbocycles. The van der Waals surface area contributed by atoms with E-state index in [1.54, 1.807) is 0 Å². The maximum atomic E-state index is 13.4. The van der Waals surface area contributed by atoms with Gasteiger partial charge in [-0.3, -0.25) is 4.79 Å². The third-order valence-corrected chi connectivity index (χ3v) is 1.99. The summed E-state index contributed by atoms with van der Waals surface area (Å²) in [7, 11) is 1.36. The minimum atomic E-state index is -0.653. The predicted octanol–water partition coefficient (Wildman–Crippen LogP) is 0.850. The molecular weight excluding hydrogens is 231 g/mol. The maximum absolute atomic E-state index is 13.4. The number of halogens is 1. The van der Waals surface area contributed by atoms with Crippen molar-refractivity contribution in [2.45, 2.75) is 0 Å². The molecule has 1 rings (SSSR count). The fourth-order valence-corrected chi connectivity index (χ4v) is 1.22. The van der Waals surface area contributed by atoms with Crippen LogP contribution in [0.15, 0.2) is 18.2 Å². The number of benzene rings is 1. The van der Waals surface area contributed by atoms with Crippen LogP contribution in [0.25, 0.3) is 0 Å². The average Bonchev–Trinajstić information content (AvgIpc) is 2.25. The highest BCUT2D eigenvalue weighted by atomic mass is 32.1. The number of hydrogen-bond donors (Lipinski definition) is 2. The van der Waals surface area contributed by atoms with Crippen LogP contribution in [-0.4, -0.2) is 24.6 Å². The van der Waals surface area contributed by atoms with Crippen molar-refractivity contribution in [3.63, 3.8) is 0 Å². The standard InChI is InChI=1S/C10H11FN2O2S/c1-15-7-4-2-3-6(11)9(7)10(14)13-5-8(12)16/h2-4H,5H2,1H3,(H2,12,16)(H,13,14). The van der Waals surface area contributed by atoms with Gasteiger partial charge in [-0.2, -0.15) is 0 Å². The van der Waals surface area contributed by atoms with Gasteiger partial charge in [-0.25, -0.2) is 4.39 Å². The van der Waals surface area contributed by atoms with E-state index >= 15 is 0 Å². The molecule has 0 aliphatic carbocycles. The summed E-state index contributed by atoms with van der Waals surface area (Å²) in [5, 5.41) is 2.39. The number of nitrogens with two attached hydrogens (primary N) is 1. The molecule has 3 N–H and O–H groups in total. The Hall–Kier alpha value is -1.69. The van der Waals surface area contributed by atoms with Gasteiger partial charge in [-0.15, -0.1) is 0 Å². The zero-order chi connectivity index (χ0) is 12.1. The van der Waals surface area contributed by atoms with E-state index < -0.39 is 11.7 Å². The Kier molecular flexibility index (Phi) is 4.19. The molecule has 0 spiro atoms. The second-order valence-electron chi connectivity index (χ2n) is 2.97. The van der Waals surface area contributed by atoms with Crippen LogP contribution in [0.2, 0.25) is 0 Å². The van der Waals surface area contributed by atoms with E-state index in [9.17, 15) is 9.18 Å². The molecule has 0 atom stereocenters. The second-order valence-corrected chi connectivity index (χ2v) is 3.49. The number of hydrogen-bond acceptors (Lipinski definition) is 3. The van der Waals surface area contributed by atoms with Crippen molar-refractivity contribution in [2.24, 2.45) is 5.73 Å². The normalized spacial score (nSPS) is 9.62. The second kappa shape index (κ2) is 5.41. The van der Waals surface area contributed by atoms with Crippen molar-refractivity contribution in [2.75, 3.05) is 13.7 Å². The Labute approximate surface area is 97.6 Å². The molecule has 6 heteroatoms. The van der Waals surface area contributed by atoms with Gasteiger partial charge in [-0.05, 0) is 12.1 Å². The SMILES string of the molecule is COc1cccc(F)c1C(=O)NCC(N)=S. The lowest BCUT2D eigenvalue weighted by Crippen LogP contribution is -2.32. The summed E-state index contributed by atoms with van der Waals surface area (Å²) in [5.74, 6) is -1.09. The lowest BCUT2D eigenvalue weighted by molar-refractivity contribution is 0.0952. The van der Waals surface area contributed by atoms with E-state index in [0.717, 1.165) is 0 Å². The van der Waals surface area contributed by atoms with Gasteiger partial charge < -0.3 is 15.8 Å². The monoisotopic (exact) mass is 242 g/mol. The van der Waals surface area contributed by atoms with Gasteiger partial charge in [0.1, 0.15) is 17.1 Å². The molecule has 1 aromatic rings. The van der Waals surface area contributed by atoms with Crippen LogP contribution in [0, 0.1) is 5.82 Å². The number of carbonyl (C=O) groups is 1. The minimum absolute atomic E-state index is 0.0195. The molecule has 0 saturated heterocycles. The summed E-state index contributed by atoms with van der Waals surface area (Å²) in [6, 6.07) is 4.13. The molecule has 1 amide bonds. The molecular formula is C10H11FN2O2S. The Bertz CT molecular complexity index is 423. The molecule has 0 heterocycles. The summed E-state index contributed by atoms with van der Waals surface area (Å²) in [6.07, 6.45) is 0. The quantitative estimate of drug-likeness (QED) is 0.768. The van der Waals surface area contributed by atoms with Gasteiger partial charge in [0.05, 0.1) is 18.6 Å². The number of methoxy groups -OCH3 is 1. The van der Waals surface area contributed by atoms with Crippen LogP contribution < -0.4 is 15.8 Å². The van der Waals surface area contributed by atoms with Gasteiger partial charge in [0, 0.05) is 0 Å². The molecule has 0 aromatic heterocycles. The lowest BCUT2D eigenvalue weighted by atomic mass is 10.1. The molecule has 16 heavy (non-hydrogen) atoms. The number of thiocarbonyl (C=S) groups is 1. The van der Waals surface area contributed by atoms with Gasteiger partial charge in [0.15, 0.2) is 0 Å². The zero-order valence-corrected chi connectivity index (χ0v) is 9.44. The molecule has 0 unspecified atom stereocenters. The third kappa shape index (κ3) is 2.90. The lowest BCUT2D eigenvalue weighted by Gasteiger charge is -2.09. The third-order valence-electron chi connectivity index (χ3n) is 1.85. The van der Waals surface area contributed by atoms with Crippen LogP contribution in [0.1, 0.15) is 10.4 Å². The van der Waals surface area contributed by atoms with E-state index in [1.165, 1.54) is 25.3 Å². The first-order valence-corrected chi connectivity index (χ1v) is 4.86. The van der Waals surface area contributed by atoms with E-state index in [-0.39, 0.29) is 22.8 Å². The zero-order valence-electron chi connectivity index (χ0n) is 8.62. The van der Waals surface area contributed by atoms with Gasteiger partial charge in [-0.1, -0.05) is 18.3 Å². The van der Waals surface area contributed by atoms with Crippen molar-refractivity contribution in [3.8, 4) is 5.75 Å². The Balaban J connectivity index is 2.93. The molecule has 0 aliphatic rings. The van der Waals surface area contributed by atoms with Gasteiger partial charge in [0.25, 0.3) is 5.91 Å². The number of rotatable bonds is 4. The highest BCUT2D eigenvalue weighted by molar-refractivity contribution is 7.80. The fraction of sp³-hybridized carbons (Fsp3) is 0.200. The van der Waals surface area contributed by atoms with Crippen molar-refractivity contribution < 1.29 is 13.9 Å². The van der Waals surface area contributed by atoms with Crippen LogP contribution >= 0.6 is 12.2 Å². The summed E-state index contributed by atoms with van der Waals surface area (Å²) >= 11 is 4.60. The topological polar surface area (TPSA) is 64.3 Å². The Morgan fingerprint density at radius 1 is 1.62 bits per heavy atom.